The lowest BCUT2D eigenvalue weighted by molar-refractivity contribution is -0.136. The van der Waals surface area contributed by atoms with Gasteiger partial charge in [-0.15, -0.1) is 12.4 Å². The number of nitrogens with zero attached hydrogens (tertiary/aromatic N) is 1. The number of halogens is 1. The molecule has 1 fully saturated rings. The largest absolute Gasteiger partial charge is 0.344 e. The van der Waals surface area contributed by atoms with E-state index < -0.39 is 0 Å². The van der Waals surface area contributed by atoms with Crippen molar-refractivity contribution in [1.82, 2.24) is 10.2 Å². The van der Waals surface area contributed by atoms with E-state index in [9.17, 15) is 4.79 Å². The molecule has 0 aromatic heterocycles. The molecule has 0 atom stereocenters. The molecule has 1 aromatic rings. The molecule has 0 aliphatic heterocycles. The van der Waals surface area contributed by atoms with Crippen molar-refractivity contribution >= 4 is 18.3 Å². The number of hydrogen-bond donors (Lipinski definition) is 1. The molecule has 0 heterocycles. The van der Waals surface area contributed by atoms with Crippen molar-refractivity contribution in [1.29, 1.82) is 0 Å². The molecule has 0 unspecified atom stereocenters. The van der Waals surface area contributed by atoms with Crippen molar-refractivity contribution < 1.29 is 4.79 Å². The van der Waals surface area contributed by atoms with Crippen LogP contribution in [0.1, 0.15) is 36.8 Å². The van der Waals surface area contributed by atoms with Crippen LogP contribution < -0.4 is 5.32 Å². The van der Waals surface area contributed by atoms with Gasteiger partial charge in [0.1, 0.15) is 0 Å². The summed E-state index contributed by atoms with van der Waals surface area (Å²) in [6.07, 6.45) is 4.28. The van der Waals surface area contributed by atoms with E-state index in [1.807, 2.05) is 19.0 Å². The van der Waals surface area contributed by atoms with Gasteiger partial charge >= 0.3 is 0 Å². The van der Waals surface area contributed by atoms with Crippen molar-refractivity contribution in [3.05, 3.63) is 35.4 Å². The first-order valence-corrected chi connectivity index (χ1v) is 7.57. The fourth-order valence-electron chi connectivity index (χ4n) is 3.29. The normalized spacial score (nSPS) is 16.3. The van der Waals surface area contributed by atoms with E-state index >= 15 is 0 Å². The quantitative estimate of drug-likeness (QED) is 0.907. The van der Waals surface area contributed by atoms with Crippen molar-refractivity contribution in [3.63, 3.8) is 0 Å². The molecule has 21 heavy (non-hydrogen) atoms. The molecule has 1 aromatic carbocycles. The zero-order valence-electron chi connectivity index (χ0n) is 13.3. The average Bonchev–Trinajstić information content (AvgIpc) is 2.94. The van der Waals surface area contributed by atoms with Crippen LogP contribution in [-0.2, 0) is 10.2 Å². The summed E-state index contributed by atoms with van der Waals surface area (Å²) in [5.41, 5.74) is 2.16. The van der Waals surface area contributed by atoms with E-state index in [0.717, 1.165) is 38.8 Å². The number of nitrogens with one attached hydrogen (secondary N) is 1. The third kappa shape index (κ3) is 3.78. The van der Waals surface area contributed by atoms with Gasteiger partial charge in [0.25, 0.3) is 0 Å². The van der Waals surface area contributed by atoms with Crippen LogP contribution in [0.15, 0.2) is 24.3 Å². The second kappa shape index (κ2) is 7.81. The summed E-state index contributed by atoms with van der Waals surface area (Å²) in [6, 6.07) is 8.49. The van der Waals surface area contributed by atoms with Crippen molar-refractivity contribution in [2.24, 2.45) is 0 Å². The summed E-state index contributed by atoms with van der Waals surface area (Å²) in [5, 5.41) is 3.11. The van der Waals surface area contributed by atoms with Gasteiger partial charge in [-0.3, -0.25) is 4.79 Å². The Morgan fingerprint density at radius 3 is 2.57 bits per heavy atom. The Hall–Kier alpha value is -1.06. The molecule has 3 nitrogen and oxygen atoms in total. The van der Waals surface area contributed by atoms with Crippen LogP contribution in [-0.4, -0.2) is 38.0 Å². The molecule has 1 aliphatic carbocycles. The first kappa shape index (κ1) is 18.0. The van der Waals surface area contributed by atoms with Crippen molar-refractivity contribution in [2.75, 3.05) is 27.2 Å². The van der Waals surface area contributed by atoms with Gasteiger partial charge in [0.15, 0.2) is 0 Å². The molecule has 1 N–H and O–H groups in total. The predicted octanol–water partition coefficient (Wildman–Crippen LogP) is 2.91. The van der Waals surface area contributed by atoms with Crippen LogP contribution in [0.2, 0.25) is 0 Å². The molecule has 118 valence electrons. The van der Waals surface area contributed by atoms with E-state index in [-0.39, 0.29) is 23.7 Å². The zero-order valence-corrected chi connectivity index (χ0v) is 14.1. The molecule has 0 radical (unpaired) electrons. The van der Waals surface area contributed by atoms with Crippen LogP contribution in [0.5, 0.6) is 0 Å². The van der Waals surface area contributed by atoms with Crippen LogP contribution >= 0.6 is 12.4 Å². The molecule has 1 saturated carbocycles. The minimum atomic E-state index is -0.283. The predicted molar refractivity (Wildman–Crippen MR) is 90.1 cm³/mol. The smallest absolute Gasteiger partial charge is 0.233 e. The second-order valence-corrected chi connectivity index (χ2v) is 5.99. The number of benzene rings is 1. The van der Waals surface area contributed by atoms with Gasteiger partial charge in [0.05, 0.1) is 5.41 Å². The summed E-state index contributed by atoms with van der Waals surface area (Å²) >= 11 is 0. The number of amides is 1. The Morgan fingerprint density at radius 1 is 1.33 bits per heavy atom. The van der Waals surface area contributed by atoms with Gasteiger partial charge in [0, 0.05) is 20.1 Å². The highest BCUT2D eigenvalue weighted by Crippen LogP contribution is 2.42. The van der Waals surface area contributed by atoms with Crippen LogP contribution in [0.3, 0.4) is 0 Å². The highest BCUT2D eigenvalue weighted by atomic mass is 35.5. The van der Waals surface area contributed by atoms with Gasteiger partial charge in [-0.2, -0.15) is 0 Å². The van der Waals surface area contributed by atoms with Crippen LogP contribution in [0.4, 0.5) is 0 Å². The van der Waals surface area contributed by atoms with Crippen LogP contribution in [0.25, 0.3) is 0 Å². The lowest BCUT2D eigenvalue weighted by atomic mass is 9.77. The molecule has 1 aliphatic rings. The lowest BCUT2D eigenvalue weighted by Gasteiger charge is -2.33. The third-order valence-electron chi connectivity index (χ3n) is 4.48. The van der Waals surface area contributed by atoms with Gasteiger partial charge in [-0.1, -0.05) is 42.7 Å². The zero-order chi connectivity index (χ0) is 14.6. The topological polar surface area (TPSA) is 32.3 Å². The Morgan fingerprint density at radius 2 is 2.00 bits per heavy atom. The molecule has 2 rings (SSSR count). The molecule has 4 heteroatoms. The van der Waals surface area contributed by atoms with Crippen molar-refractivity contribution in [3.8, 4) is 0 Å². The standard InChI is InChI=1S/C17H26N2O.ClH/c1-14-7-6-8-15(13-14)17(9-4-5-10-17)16(20)19(3)12-11-18-2;/h6-8,13,18H,4-5,9-12H2,1-3H3;1H. The third-order valence-corrected chi connectivity index (χ3v) is 4.48. The summed E-state index contributed by atoms with van der Waals surface area (Å²) < 4.78 is 0. The summed E-state index contributed by atoms with van der Waals surface area (Å²) in [5.74, 6) is 0.288. The Balaban J connectivity index is 0.00000220. The summed E-state index contributed by atoms with van der Waals surface area (Å²) in [7, 11) is 3.85. The van der Waals surface area contributed by atoms with Gasteiger partial charge in [0.2, 0.25) is 5.91 Å². The Kier molecular flexibility index (Phi) is 6.69. The minimum absolute atomic E-state index is 0. The SMILES string of the molecule is CNCCN(C)C(=O)C1(c2cccc(C)c2)CCCC1.Cl. The maximum absolute atomic E-state index is 13.0. The van der Waals surface area contributed by atoms with Gasteiger partial charge < -0.3 is 10.2 Å². The first-order valence-electron chi connectivity index (χ1n) is 7.57. The fraction of sp³-hybridized carbons (Fsp3) is 0.588. The fourth-order valence-corrected chi connectivity index (χ4v) is 3.29. The van der Waals surface area contributed by atoms with Crippen molar-refractivity contribution in [2.45, 2.75) is 38.0 Å². The number of hydrogen-bond acceptors (Lipinski definition) is 2. The summed E-state index contributed by atoms with van der Waals surface area (Å²) in [6.45, 7) is 3.70. The van der Waals surface area contributed by atoms with E-state index in [0.29, 0.717) is 0 Å². The minimum Gasteiger partial charge on any atom is -0.344 e. The molecular formula is C17H27ClN2O. The number of likely N-dealkylation sites (N-methyl/N-ethyl adjacent to an activating group) is 2. The van der Waals surface area contributed by atoms with E-state index in [1.165, 1.54) is 11.1 Å². The van der Waals surface area contributed by atoms with E-state index in [2.05, 4.69) is 36.5 Å². The Bertz CT molecular complexity index is 470. The molecular weight excluding hydrogens is 284 g/mol. The molecule has 0 bridgehead atoms. The lowest BCUT2D eigenvalue weighted by Crippen LogP contribution is -2.45. The highest BCUT2D eigenvalue weighted by molar-refractivity contribution is 5.88. The molecule has 1 amide bonds. The Labute approximate surface area is 134 Å². The number of carbonyl (C=O) groups excluding carboxylic acids is 1. The van der Waals surface area contributed by atoms with Gasteiger partial charge in [-0.05, 0) is 32.4 Å². The summed E-state index contributed by atoms with van der Waals surface area (Å²) in [4.78, 5) is 14.9. The second-order valence-electron chi connectivity index (χ2n) is 5.99. The molecule has 0 saturated heterocycles. The highest BCUT2D eigenvalue weighted by Gasteiger charge is 2.44. The maximum atomic E-state index is 13.0. The van der Waals surface area contributed by atoms with Crippen LogP contribution in [0, 0.1) is 6.92 Å². The first-order chi connectivity index (χ1) is 9.60. The van der Waals surface area contributed by atoms with E-state index in [4.69, 9.17) is 0 Å². The number of aryl methyl sites for hydroxylation is 1. The molecule has 0 spiro atoms. The number of rotatable bonds is 5. The maximum Gasteiger partial charge on any atom is 0.233 e. The number of carbonyl (C=O) groups is 1. The monoisotopic (exact) mass is 310 g/mol. The average molecular weight is 311 g/mol. The van der Waals surface area contributed by atoms with Gasteiger partial charge in [-0.25, -0.2) is 0 Å². The van der Waals surface area contributed by atoms with E-state index in [1.54, 1.807) is 0 Å².